The molecule has 0 saturated heterocycles. The van der Waals surface area contributed by atoms with E-state index in [4.69, 9.17) is 19.2 Å². The van der Waals surface area contributed by atoms with E-state index in [1.54, 1.807) is 18.6 Å². The van der Waals surface area contributed by atoms with Crippen molar-refractivity contribution in [3.63, 3.8) is 0 Å². The predicted octanol–water partition coefficient (Wildman–Crippen LogP) is 5.11. The van der Waals surface area contributed by atoms with Crippen LogP contribution in [0.3, 0.4) is 0 Å². The summed E-state index contributed by atoms with van der Waals surface area (Å²) < 4.78 is 18.8. The fourth-order valence-electron chi connectivity index (χ4n) is 4.70. The molecule has 1 aliphatic heterocycles. The van der Waals surface area contributed by atoms with Crippen molar-refractivity contribution in [2.45, 2.75) is 59.4 Å². The Morgan fingerprint density at radius 2 is 1.82 bits per heavy atom. The number of thiazole rings is 1. The summed E-state index contributed by atoms with van der Waals surface area (Å²) in [5.74, 6) is 1.17. The number of aromatic nitrogens is 1. The number of hydrogen-bond donors (Lipinski definition) is 0. The number of methoxy groups -OCH3 is 1. The van der Waals surface area contributed by atoms with Crippen molar-refractivity contribution in [2.75, 3.05) is 20.3 Å². The first-order valence-corrected chi connectivity index (χ1v) is 14.3. The third-order valence-corrected chi connectivity index (χ3v) is 7.58. The summed E-state index contributed by atoms with van der Waals surface area (Å²) >= 11 is 1.32. The summed E-state index contributed by atoms with van der Waals surface area (Å²) in [6.45, 7) is 10.7. The minimum atomic E-state index is -0.625. The Kier molecular flexibility index (Phi) is 9.07. The molecule has 0 aliphatic carbocycles. The van der Waals surface area contributed by atoms with Gasteiger partial charge in [0.2, 0.25) is 0 Å². The van der Waals surface area contributed by atoms with Gasteiger partial charge >= 0.3 is 5.97 Å². The average Bonchev–Trinajstić information content (AvgIpc) is 3.23. The molecule has 1 aliphatic rings. The SMILES string of the molecule is CCCC1=C(C(=O)OCC)[C@@H](c2ccc(C(C)C)cc2)n2c(s/c(=C\c3ccc(OC)c(OCC)c3)c2=O)=N1. The van der Waals surface area contributed by atoms with E-state index in [0.717, 1.165) is 17.5 Å². The molecule has 2 heterocycles. The van der Waals surface area contributed by atoms with E-state index in [0.29, 0.717) is 51.0 Å². The Labute approximate surface area is 233 Å². The molecule has 0 bridgehead atoms. The average molecular weight is 549 g/mol. The molecular weight excluding hydrogens is 512 g/mol. The third kappa shape index (κ3) is 5.86. The Morgan fingerprint density at radius 1 is 1.08 bits per heavy atom. The number of benzene rings is 2. The predicted molar refractivity (Wildman–Crippen MR) is 154 cm³/mol. The first-order chi connectivity index (χ1) is 18.8. The van der Waals surface area contributed by atoms with Crippen molar-refractivity contribution in [2.24, 2.45) is 4.99 Å². The summed E-state index contributed by atoms with van der Waals surface area (Å²) in [5.41, 5.74) is 3.74. The van der Waals surface area contributed by atoms with Crippen LogP contribution in [0.4, 0.5) is 0 Å². The molecule has 39 heavy (non-hydrogen) atoms. The second-order valence-corrected chi connectivity index (χ2v) is 10.6. The smallest absolute Gasteiger partial charge is 0.338 e. The monoisotopic (exact) mass is 548 g/mol. The highest BCUT2D eigenvalue weighted by Gasteiger charge is 2.34. The van der Waals surface area contributed by atoms with Crippen LogP contribution in [0.25, 0.3) is 6.08 Å². The number of carbonyl (C=O) groups excluding carboxylic acids is 1. The molecule has 4 rings (SSSR count). The van der Waals surface area contributed by atoms with Crippen molar-refractivity contribution >= 4 is 23.4 Å². The van der Waals surface area contributed by atoms with Crippen molar-refractivity contribution in [1.29, 1.82) is 0 Å². The van der Waals surface area contributed by atoms with Crippen LogP contribution in [0.1, 0.15) is 76.1 Å². The largest absolute Gasteiger partial charge is 0.493 e. The van der Waals surface area contributed by atoms with Gasteiger partial charge in [-0.2, -0.15) is 0 Å². The first-order valence-electron chi connectivity index (χ1n) is 13.4. The van der Waals surface area contributed by atoms with E-state index in [9.17, 15) is 9.59 Å². The summed E-state index contributed by atoms with van der Waals surface area (Å²) in [5, 5.41) is 0. The fourth-order valence-corrected chi connectivity index (χ4v) is 5.72. The normalized spacial score (nSPS) is 15.3. The minimum Gasteiger partial charge on any atom is -0.493 e. The van der Waals surface area contributed by atoms with Gasteiger partial charge in [0.05, 0.1) is 42.2 Å². The zero-order chi connectivity index (χ0) is 28.1. The summed E-state index contributed by atoms with van der Waals surface area (Å²) in [7, 11) is 1.60. The van der Waals surface area contributed by atoms with Crippen LogP contribution >= 0.6 is 11.3 Å². The van der Waals surface area contributed by atoms with E-state index in [-0.39, 0.29) is 12.2 Å². The van der Waals surface area contributed by atoms with E-state index in [1.165, 1.54) is 16.9 Å². The van der Waals surface area contributed by atoms with Crippen molar-refractivity contribution in [3.05, 3.63) is 90.1 Å². The molecule has 1 atom stereocenters. The molecule has 0 radical (unpaired) electrons. The fraction of sp³-hybridized carbons (Fsp3) is 0.387. The second kappa shape index (κ2) is 12.5. The van der Waals surface area contributed by atoms with Gasteiger partial charge in [0.1, 0.15) is 0 Å². The number of nitrogens with zero attached hydrogens (tertiary/aromatic N) is 2. The first kappa shape index (κ1) is 28.4. The maximum atomic E-state index is 14.0. The van der Waals surface area contributed by atoms with Crippen LogP contribution < -0.4 is 24.4 Å². The molecule has 3 aromatic rings. The summed E-state index contributed by atoms with van der Waals surface area (Å²) in [6.07, 6.45) is 3.25. The lowest BCUT2D eigenvalue weighted by Crippen LogP contribution is -2.40. The van der Waals surface area contributed by atoms with Gasteiger partial charge in [-0.15, -0.1) is 0 Å². The lowest BCUT2D eigenvalue weighted by atomic mass is 9.92. The lowest BCUT2D eigenvalue weighted by molar-refractivity contribution is -0.139. The quantitative estimate of drug-likeness (QED) is 0.329. The lowest BCUT2D eigenvalue weighted by Gasteiger charge is -2.26. The number of ether oxygens (including phenoxy) is 3. The Hall–Kier alpha value is -3.65. The number of esters is 1. The van der Waals surface area contributed by atoms with Crippen LogP contribution in [0.5, 0.6) is 11.5 Å². The highest BCUT2D eigenvalue weighted by atomic mass is 32.1. The number of hydrogen-bond acceptors (Lipinski definition) is 7. The second-order valence-electron chi connectivity index (χ2n) is 9.58. The van der Waals surface area contributed by atoms with E-state index < -0.39 is 12.0 Å². The van der Waals surface area contributed by atoms with Gasteiger partial charge in [-0.1, -0.05) is 68.9 Å². The van der Waals surface area contributed by atoms with Gasteiger partial charge in [0, 0.05) is 0 Å². The zero-order valence-electron chi connectivity index (χ0n) is 23.4. The molecule has 0 N–H and O–H groups in total. The Bertz CT molecular complexity index is 1550. The summed E-state index contributed by atoms with van der Waals surface area (Å²) in [4.78, 5) is 32.7. The van der Waals surface area contributed by atoms with Crippen LogP contribution in [0, 0.1) is 0 Å². The third-order valence-electron chi connectivity index (χ3n) is 6.60. The van der Waals surface area contributed by atoms with Gasteiger partial charge in [-0.05, 0) is 61.1 Å². The molecule has 0 amide bonds. The van der Waals surface area contributed by atoms with Gasteiger partial charge in [0.15, 0.2) is 16.3 Å². The highest BCUT2D eigenvalue weighted by molar-refractivity contribution is 7.07. The molecule has 1 aromatic heterocycles. The van der Waals surface area contributed by atoms with Gasteiger partial charge < -0.3 is 14.2 Å². The zero-order valence-corrected chi connectivity index (χ0v) is 24.3. The number of fused-ring (bicyclic) bond motifs is 1. The van der Waals surface area contributed by atoms with Crippen molar-refractivity contribution < 1.29 is 19.0 Å². The van der Waals surface area contributed by atoms with Crippen LogP contribution in [0.15, 0.2) is 63.5 Å². The molecule has 206 valence electrons. The Morgan fingerprint density at radius 3 is 2.44 bits per heavy atom. The maximum absolute atomic E-state index is 14.0. The topological polar surface area (TPSA) is 79.1 Å². The van der Waals surface area contributed by atoms with Crippen LogP contribution in [0.2, 0.25) is 0 Å². The van der Waals surface area contributed by atoms with Gasteiger partial charge in [-0.25, -0.2) is 9.79 Å². The van der Waals surface area contributed by atoms with E-state index in [1.807, 2.05) is 50.3 Å². The van der Waals surface area contributed by atoms with E-state index in [2.05, 4.69) is 26.0 Å². The van der Waals surface area contributed by atoms with Gasteiger partial charge in [-0.3, -0.25) is 9.36 Å². The molecule has 0 fully saturated rings. The molecule has 8 heteroatoms. The summed E-state index contributed by atoms with van der Waals surface area (Å²) in [6, 6.07) is 13.1. The molecule has 0 unspecified atom stereocenters. The number of allylic oxidation sites excluding steroid dienone is 1. The van der Waals surface area contributed by atoms with Crippen LogP contribution in [-0.2, 0) is 9.53 Å². The minimum absolute atomic E-state index is 0.206. The van der Waals surface area contributed by atoms with E-state index >= 15 is 0 Å². The molecule has 0 saturated carbocycles. The molecule has 7 nitrogen and oxygen atoms in total. The van der Waals surface area contributed by atoms with Gasteiger partial charge in [0.25, 0.3) is 5.56 Å². The number of carbonyl (C=O) groups is 1. The Balaban J connectivity index is 1.94. The molecular formula is C31H36N2O5S. The molecule has 2 aromatic carbocycles. The number of rotatable bonds is 10. The highest BCUT2D eigenvalue weighted by Crippen LogP contribution is 2.33. The standard InChI is InChI=1S/C31H36N2O5S/c1-7-10-23-27(30(35)38-9-3)28(22-14-12-21(13-15-22)19(4)5)33-29(34)26(39-31(33)32-23)18-20-11-16-24(36-6)25(17-20)37-8-2/h11-19,28H,7-10H2,1-6H3/b26-18-/t28-/m1/s1. The maximum Gasteiger partial charge on any atom is 0.338 e. The molecule has 0 spiro atoms. The van der Waals surface area contributed by atoms with Crippen LogP contribution in [-0.4, -0.2) is 30.9 Å². The van der Waals surface area contributed by atoms with Crippen molar-refractivity contribution in [1.82, 2.24) is 4.57 Å². The van der Waals surface area contributed by atoms with Crippen molar-refractivity contribution in [3.8, 4) is 11.5 Å².